The number of hydrogen-bond acceptors (Lipinski definition) is 2. The largest absolute Gasteiger partial charge is 0.330 e. The van der Waals surface area contributed by atoms with Crippen LogP contribution in [0.1, 0.15) is 11.1 Å². The van der Waals surface area contributed by atoms with Gasteiger partial charge in [0, 0.05) is 12.4 Å². The summed E-state index contributed by atoms with van der Waals surface area (Å²) in [4.78, 5) is 0. The lowest BCUT2D eigenvalue weighted by Crippen LogP contribution is -2.03. The van der Waals surface area contributed by atoms with Crippen molar-refractivity contribution in [1.82, 2.24) is 9.78 Å². The van der Waals surface area contributed by atoms with Crippen molar-refractivity contribution in [1.29, 1.82) is 0 Å². The van der Waals surface area contributed by atoms with E-state index in [2.05, 4.69) is 24.2 Å². The monoisotopic (exact) mass is 189 g/mol. The third kappa shape index (κ3) is 1.40. The highest BCUT2D eigenvalue weighted by molar-refractivity contribution is 5.83. The van der Waals surface area contributed by atoms with Gasteiger partial charge in [0.2, 0.25) is 0 Å². The van der Waals surface area contributed by atoms with Gasteiger partial charge in [0.25, 0.3) is 0 Å². The van der Waals surface area contributed by atoms with Gasteiger partial charge >= 0.3 is 0 Å². The summed E-state index contributed by atoms with van der Waals surface area (Å²) in [6.07, 6.45) is 2.84. The molecule has 74 valence electrons. The van der Waals surface area contributed by atoms with E-state index in [4.69, 9.17) is 5.73 Å². The van der Waals surface area contributed by atoms with E-state index < -0.39 is 0 Å². The Bertz CT molecular complexity index is 457. The van der Waals surface area contributed by atoms with E-state index in [-0.39, 0.29) is 0 Å². The molecular formula is C11H15N3. The molecule has 0 spiro atoms. The van der Waals surface area contributed by atoms with E-state index in [1.54, 1.807) is 0 Å². The molecule has 2 N–H and O–H groups in total. The second-order valence-electron chi connectivity index (χ2n) is 3.66. The fourth-order valence-corrected chi connectivity index (χ4v) is 1.84. The van der Waals surface area contributed by atoms with Gasteiger partial charge in [-0.1, -0.05) is 6.07 Å². The van der Waals surface area contributed by atoms with Gasteiger partial charge in [-0.15, -0.1) is 0 Å². The standard InChI is InChI=1S/C11H15N3/c1-8-5-9(3-4-12)10-7-13-14(2)11(10)6-8/h5-7H,3-4,12H2,1-2H3. The zero-order valence-corrected chi connectivity index (χ0v) is 8.62. The molecule has 0 unspecified atom stereocenters. The zero-order chi connectivity index (χ0) is 10.1. The Hall–Kier alpha value is -1.35. The van der Waals surface area contributed by atoms with E-state index >= 15 is 0 Å². The lowest BCUT2D eigenvalue weighted by Gasteiger charge is -2.03. The number of aromatic nitrogens is 2. The van der Waals surface area contributed by atoms with Crippen LogP contribution in [0.2, 0.25) is 0 Å². The second kappa shape index (κ2) is 3.42. The van der Waals surface area contributed by atoms with E-state index in [9.17, 15) is 0 Å². The van der Waals surface area contributed by atoms with Crippen LogP contribution in [0.25, 0.3) is 10.9 Å². The van der Waals surface area contributed by atoms with Crippen LogP contribution in [0.15, 0.2) is 18.3 Å². The highest BCUT2D eigenvalue weighted by Crippen LogP contribution is 2.20. The van der Waals surface area contributed by atoms with Gasteiger partial charge in [0.1, 0.15) is 0 Å². The molecular weight excluding hydrogens is 174 g/mol. The van der Waals surface area contributed by atoms with E-state index in [0.717, 1.165) is 6.42 Å². The summed E-state index contributed by atoms with van der Waals surface area (Å²) in [5, 5.41) is 5.48. The molecule has 0 aliphatic rings. The van der Waals surface area contributed by atoms with Crippen LogP contribution in [0, 0.1) is 6.92 Å². The number of nitrogens with zero attached hydrogens (tertiary/aromatic N) is 2. The van der Waals surface area contributed by atoms with E-state index in [0.29, 0.717) is 6.54 Å². The number of aryl methyl sites for hydroxylation is 2. The first-order valence-electron chi connectivity index (χ1n) is 4.83. The quantitative estimate of drug-likeness (QED) is 0.775. The van der Waals surface area contributed by atoms with E-state index in [1.165, 1.54) is 22.0 Å². The van der Waals surface area contributed by atoms with Crippen molar-refractivity contribution in [2.75, 3.05) is 6.54 Å². The molecule has 0 atom stereocenters. The summed E-state index contributed by atoms with van der Waals surface area (Å²) >= 11 is 0. The van der Waals surface area contributed by atoms with Crippen LogP contribution in [-0.4, -0.2) is 16.3 Å². The molecule has 1 heterocycles. The molecule has 2 rings (SSSR count). The van der Waals surface area contributed by atoms with Gasteiger partial charge in [-0.05, 0) is 37.1 Å². The maximum atomic E-state index is 5.58. The zero-order valence-electron chi connectivity index (χ0n) is 8.62. The van der Waals surface area contributed by atoms with Crippen molar-refractivity contribution in [3.8, 4) is 0 Å². The predicted octanol–water partition coefficient (Wildman–Crippen LogP) is 1.38. The number of rotatable bonds is 2. The summed E-state index contributed by atoms with van der Waals surface area (Å²) in [6.45, 7) is 2.79. The SMILES string of the molecule is Cc1cc(CCN)c2cnn(C)c2c1. The summed E-state index contributed by atoms with van der Waals surface area (Å²) in [5.41, 5.74) is 9.34. The normalized spacial score (nSPS) is 11.1. The number of nitrogens with two attached hydrogens (primary N) is 1. The maximum Gasteiger partial charge on any atom is 0.0684 e. The molecule has 2 aromatic rings. The summed E-state index contributed by atoms with van der Waals surface area (Å²) in [5.74, 6) is 0. The van der Waals surface area contributed by atoms with Crippen molar-refractivity contribution < 1.29 is 0 Å². The summed E-state index contributed by atoms with van der Waals surface area (Å²) in [7, 11) is 1.97. The van der Waals surface area contributed by atoms with Crippen LogP contribution in [0.4, 0.5) is 0 Å². The molecule has 1 aromatic heterocycles. The predicted molar refractivity (Wildman–Crippen MR) is 58.2 cm³/mol. The molecule has 1 aromatic carbocycles. The van der Waals surface area contributed by atoms with Gasteiger partial charge in [0.15, 0.2) is 0 Å². The molecule has 3 nitrogen and oxygen atoms in total. The molecule has 0 fully saturated rings. The Morgan fingerprint density at radius 3 is 2.93 bits per heavy atom. The Kier molecular flexibility index (Phi) is 2.25. The lowest BCUT2D eigenvalue weighted by atomic mass is 10.0. The van der Waals surface area contributed by atoms with Gasteiger partial charge in [-0.3, -0.25) is 4.68 Å². The molecule has 0 bridgehead atoms. The fourth-order valence-electron chi connectivity index (χ4n) is 1.84. The maximum absolute atomic E-state index is 5.58. The van der Waals surface area contributed by atoms with Gasteiger partial charge in [-0.2, -0.15) is 5.10 Å². The first-order valence-corrected chi connectivity index (χ1v) is 4.83. The first-order chi connectivity index (χ1) is 6.72. The molecule has 0 aliphatic heterocycles. The van der Waals surface area contributed by atoms with Crippen molar-refractivity contribution in [2.45, 2.75) is 13.3 Å². The lowest BCUT2D eigenvalue weighted by molar-refractivity contribution is 0.796. The average molecular weight is 189 g/mol. The molecule has 0 aliphatic carbocycles. The number of benzene rings is 1. The second-order valence-corrected chi connectivity index (χ2v) is 3.66. The van der Waals surface area contributed by atoms with Crippen molar-refractivity contribution in [3.05, 3.63) is 29.5 Å². The smallest absolute Gasteiger partial charge is 0.0684 e. The van der Waals surface area contributed by atoms with Crippen LogP contribution >= 0.6 is 0 Å². The Morgan fingerprint density at radius 2 is 2.21 bits per heavy atom. The first kappa shape index (κ1) is 9.21. The Balaban J connectivity index is 2.68. The molecule has 3 heteroatoms. The van der Waals surface area contributed by atoms with Crippen LogP contribution < -0.4 is 5.73 Å². The topological polar surface area (TPSA) is 43.8 Å². The average Bonchev–Trinajstić information content (AvgIpc) is 2.49. The molecule has 0 saturated heterocycles. The number of fused-ring (bicyclic) bond motifs is 1. The minimum Gasteiger partial charge on any atom is -0.330 e. The van der Waals surface area contributed by atoms with Crippen molar-refractivity contribution in [2.24, 2.45) is 12.8 Å². The van der Waals surface area contributed by atoms with Gasteiger partial charge in [-0.25, -0.2) is 0 Å². The summed E-state index contributed by atoms with van der Waals surface area (Å²) in [6, 6.07) is 4.35. The molecule has 0 radical (unpaired) electrons. The van der Waals surface area contributed by atoms with Crippen LogP contribution in [0.3, 0.4) is 0 Å². The molecule has 0 amide bonds. The van der Waals surface area contributed by atoms with Crippen molar-refractivity contribution in [3.63, 3.8) is 0 Å². The third-order valence-electron chi connectivity index (χ3n) is 2.51. The minimum atomic E-state index is 0.688. The van der Waals surface area contributed by atoms with Crippen LogP contribution in [-0.2, 0) is 13.5 Å². The van der Waals surface area contributed by atoms with Gasteiger partial charge in [0.05, 0.1) is 11.7 Å². The minimum absolute atomic E-state index is 0.688. The Morgan fingerprint density at radius 1 is 1.43 bits per heavy atom. The summed E-state index contributed by atoms with van der Waals surface area (Å²) < 4.78 is 1.91. The molecule has 0 saturated carbocycles. The number of hydrogen-bond donors (Lipinski definition) is 1. The van der Waals surface area contributed by atoms with Crippen molar-refractivity contribution >= 4 is 10.9 Å². The van der Waals surface area contributed by atoms with Crippen LogP contribution in [0.5, 0.6) is 0 Å². The van der Waals surface area contributed by atoms with Gasteiger partial charge < -0.3 is 5.73 Å². The highest BCUT2D eigenvalue weighted by Gasteiger charge is 2.05. The highest BCUT2D eigenvalue weighted by atomic mass is 15.2. The molecule has 14 heavy (non-hydrogen) atoms. The van der Waals surface area contributed by atoms with E-state index in [1.807, 2.05) is 17.9 Å². The fraction of sp³-hybridized carbons (Fsp3) is 0.364. The third-order valence-corrected chi connectivity index (χ3v) is 2.51. The Labute approximate surface area is 83.5 Å².